The molecule has 0 radical (unpaired) electrons. The highest BCUT2D eigenvalue weighted by Gasteiger charge is 2.08. The molecule has 102 valence electrons. The van der Waals surface area contributed by atoms with Crippen molar-refractivity contribution in [2.24, 2.45) is 0 Å². The quantitative estimate of drug-likeness (QED) is 0.529. The van der Waals surface area contributed by atoms with Crippen LogP contribution in [0.15, 0.2) is 23.2 Å². The zero-order valence-electron chi connectivity index (χ0n) is 11.9. The first-order valence-corrected chi connectivity index (χ1v) is 8.12. The SMILES string of the molecule is CCCCCSc1ccc(C(CC)NCC)nc1. The summed E-state index contributed by atoms with van der Waals surface area (Å²) < 4.78 is 0. The van der Waals surface area contributed by atoms with Crippen molar-refractivity contribution in [2.45, 2.75) is 57.4 Å². The fraction of sp³-hybridized carbons (Fsp3) is 0.667. The van der Waals surface area contributed by atoms with Crippen LogP contribution in [0.25, 0.3) is 0 Å². The zero-order chi connectivity index (χ0) is 13.2. The molecular formula is C15H26N2S. The topological polar surface area (TPSA) is 24.9 Å². The molecule has 1 N–H and O–H groups in total. The molecule has 1 aromatic rings. The largest absolute Gasteiger partial charge is 0.309 e. The normalized spacial score (nSPS) is 12.6. The van der Waals surface area contributed by atoms with E-state index in [9.17, 15) is 0 Å². The van der Waals surface area contributed by atoms with Crippen LogP contribution in [0.4, 0.5) is 0 Å². The number of pyridine rings is 1. The molecule has 0 bridgehead atoms. The number of rotatable bonds is 9. The average Bonchev–Trinajstić information content (AvgIpc) is 2.42. The minimum atomic E-state index is 0.397. The van der Waals surface area contributed by atoms with Gasteiger partial charge in [-0.2, -0.15) is 0 Å². The molecule has 0 amide bonds. The molecule has 0 saturated carbocycles. The number of aromatic nitrogens is 1. The second kappa shape index (κ2) is 9.40. The summed E-state index contributed by atoms with van der Waals surface area (Å²) in [6, 6.07) is 4.77. The third-order valence-electron chi connectivity index (χ3n) is 2.99. The number of hydrogen-bond donors (Lipinski definition) is 1. The third-order valence-corrected chi connectivity index (χ3v) is 4.06. The van der Waals surface area contributed by atoms with Crippen LogP contribution in [-0.4, -0.2) is 17.3 Å². The summed E-state index contributed by atoms with van der Waals surface area (Å²) in [7, 11) is 0. The van der Waals surface area contributed by atoms with Gasteiger partial charge in [-0.25, -0.2) is 0 Å². The molecule has 0 aliphatic carbocycles. The molecule has 1 unspecified atom stereocenters. The van der Waals surface area contributed by atoms with Gasteiger partial charge in [0.1, 0.15) is 0 Å². The number of thioether (sulfide) groups is 1. The van der Waals surface area contributed by atoms with Crippen LogP contribution in [0.3, 0.4) is 0 Å². The summed E-state index contributed by atoms with van der Waals surface area (Å²) in [5.41, 5.74) is 1.16. The van der Waals surface area contributed by atoms with Crippen molar-refractivity contribution in [2.75, 3.05) is 12.3 Å². The van der Waals surface area contributed by atoms with Crippen molar-refractivity contribution in [1.82, 2.24) is 10.3 Å². The Morgan fingerprint density at radius 1 is 1.22 bits per heavy atom. The van der Waals surface area contributed by atoms with Gasteiger partial charge in [0.2, 0.25) is 0 Å². The number of nitrogens with zero attached hydrogens (tertiary/aromatic N) is 1. The first-order chi connectivity index (χ1) is 8.81. The third kappa shape index (κ3) is 5.40. The van der Waals surface area contributed by atoms with Gasteiger partial charge in [0.25, 0.3) is 0 Å². The first kappa shape index (κ1) is 15.5. The van der Waals surface area contributed by atoms with Crippen LogP contribution < -0.4 is 5.32 Å². The molecule has 0 spiro atoms. The molecule has 1 atom stereocenters. The van der Waals surface area contributed by atoms with E-state index in [1.54, 1.807) is 0 Å². The van der Waals surface area contributed by atoms with E-state index in [2.05, 4.69) is 43.2 Å². The molecule has 0 saturated heterocycles. The summed E-state index contributed by atoms with van der Waals surface area (Å²) in [5, 5.41) is 3.46. The molecule has 1 aromatic heterocycles. The lowest BCUT2D eigenvalue weighted by molar-refractivity contribution is 0.524. The maximum atomic E-state index is 4.58. The lowest BCUT2D eigenvalue weighted by Crippen LogP contribution is -2.20. The van der Waals surface area contributed by atoms with Gasteiger partial charge in [0.05, 0.1) is 5.69 Å². The predicted molar refractivity (Wildman–Crippen MR) is 81.2 cm³/mol. The molecule has 0 aromatic carbocycles. The van der Waals surface area contributed by atoms with Gasteiger partial charge >= 0.3 is 0 Å². The minimum Gasteiger partial charge on any atom is -0.309 e. The predicted octanol–water partition coefficient (Wildman–Crippen LogP) is 4.42. The monoisotopic (exact) mass is 266 g/mol. The molecule has 3 heteroatoms. The first-order valence-electron chi connectivity index (χ1n) is 7.13. The van der Waals surface area contributed by atoms with E-state index < -0.39 is 0 Å². The van der Waals surface area contributed by atoms with Gasteiger partial charge in [0.15, 0.2) is 0 Å². The Kier molecular flexibility index (Phi) is 8.10. The molecule has 18 heavy (non-hydrogen) atoms. The average molecular weight is 266 g/mol. The summed E-state index contributed by atoms with van der Waals surface area (Å²) in [6.45, 7) is 7.57. The van der Waals surface area contributed by atoms with Gasteiger partial charge < -0.3 is 5.32 Å². The second-order valence-corrected chi connectivity index (χ2v) is 5.66. The highest BCUT2D eigenvalue weighted by Crippen LogP contribution is 2.21. The highest BCUT2D eigenvalue weighted by molar-refractivity contribution is 7.99. The second-order valence-electron chi connectivity index (χ2n) is 4.49. The van der Waals surface area contributed by atoms with Gasteiger partial charge in [-0.3, -0.25) is 4.98 Å². The molecule has 1 rings (SSSR count). The van der Waals surface area contributed by atoms with Crippen LogP contribution in [0.1, 0.15) is 58.2 Å². The molecular weight excluding hydrogens is 240 g/mol. The van der Waals surface area contributed by atoms with E-state index >= 15 is 0 Å². The van der Waals surface area contributed by atoms with Crippen LogP contribution in [0, 0.1) is 0 Å². The summed E-state index contributed by atoms with van der Waals surface area (Å²) in [4.78, 5) is 5.88. The fourth-order valence-corrected chi connectivity index (χ4v) is 2.81. The van der Waals surface area contributed by atoms with E-state index in [4.69, 9.17) is 0 Å². The lowest BCUT2D eigenvalue weighted by Gasteiger charge is -2.15. The van der Waals surface area contributed by atoms with Crippen molar-refractivity contribution in [3.8, 4) is 0 Å². The summed E-state index contributed by atoms with van der Waals surface area (Å²) >= 11 is 1.92. The van der Waals surface area contributed by atoms with E-state index in [1.807, 2.05) is 18.0 Å². The van der Waals surface area contributed by atoms with Crippen molar-refractivity contribution in [3.63, 3.8) is 0 Å². The van der Waals surface area contributed by atoms with Crippen molar-refractivity contribution < 1.29 is 0 Å². The Labute approximate surface area is 116 Å². The zero-order valence-corrected chi connectivity index (χ0v) is 12.7. The van der Waals surface area contributed by atoms with Crippen molar-refractivity contribution in [1.29, 1.82) is 0 Å². The molecule has 0 aliphatic rings. The van der Waals surface area contributed by atoms with Crippen molar-refractivity contribution >= 4 is 11.8 Å². The Morgan fingerprint density at radius 3 is 2.61 bits per heavy atom. The fourth-order valence-electron chi connectivity index (χ4n) is 1.93. The Morgan fingerprint density at radius 2 is 2.06 bits per heavy atom. The highest BCUT2D eigenvalue weighted by atomic mass is 32.2. The maximum absolute atomic E-state index is 4.58. The molecule has 1 heterocycles. The van der Waals surface area contributed by atoms with E-state index in [1.165, 1.54) is 29.9 Å². The van der Waals surface area contributed by atoms with Gasteiger partial charge in [-0.15, -0.1) is 11.8 Å². The standard InChI is InChI=1S/C15H26N2S/c1-4-7-8-11-18-13-9-10-15(17-12-13)14(5-2)16-6-3/h9-10,12,14,16H,4-8,11H2,1-3H3. The number of hydrogen-bond acceptors (Lipinski definition) is 3. The molecule has 2 nitrogen and oxygen atoms in total. The number of unbranched alkanes of at least 4 members (excludes halogenated alkanes) is 2. The van der Waals surface area contributed by atoms with Crippen LogP contribution >= 0.6 is 11.8 Å². The van der Waals surface area contributed by atoms with E-state index in [-0.39, 0.29) is 0 Å². The van der Waals surface area contributed by atoms with Gasteiger partial charge in [0, 0.05) is 17.1 Å². The summed E-state index contributed by atoms with van der Waals surface area (Å²) in [6.07, 6.45) is 7.03. The van der Waals surface area contributed by atoms with E-state index in [0.717, 1.165) is 18.7 Å². The Balaban J connectivity index is 2.45. The van der Waals surface area contributed by atoms with Gasteiger partial charge in [-0.05, 0) is 37.3 Å². The smallest absolute Gasteiger partial charge is 0.0573 e. The molecule has 0 aliphatic heterocycles. The van der Waals surface area contributed by atoms with Crippen LogP contribution in [0.5, 0.6) is 0 Å². The Hall–Kier alpha value is -0.540. The maximum Gasteiger partial charge on any atom is 0.0573 e. The van der Waals surface area contributed by atoms with Crippen LogP contribution in [-0.2, 0) is 0 Å². The Bertz CT molecular complexity index is 311. The van der Waals surface area contributed by atoms with Crippen molar-refractivity contribution in [3.05, 3.63) is 24.0 Å². The lowest BCUT2D eigenvalue weighted by atomic mass is 10.1. The molecule has 0 fully saturated rings. The number of nitrogens with one attached hydrogen (secondary N) is 1. The van der Waals surface area contributed by atoms with Crippen LogP contribution in [0.2, 0.25) is 0 Å². The minimum absolute atomic E-state index is 0.397. The van der Waals surface area contributed by atoms with E-state index in [0.29, 0.717) is 6.04 Å². The van der Waals surface area contributed by atoms with Gasteiger partial charge in [-0.1, -0.05) is 33.6 Å². The summed E-state index contributed by atoms with van der Waals surface area (Å²) in [5.74, 6) is 1.21.